The molecule has 0 radical (unpaired) electrons. The summed E-state index contributed by atoms with van der Waals surface area (Å²) in [6.07, 6.45) is 3.02. The minimum atomic E-state index is 0.812. The lowest BCUT2D eigenvalue weighted by Gasteiger charge is -2.21. The van der Waals surface area contributed by atoms with E-state index in [9.17, 15) is 0 Å². The number of nitrogens with zero attached hydrogens (tertiary/aromatic N) is 5. The van der Waals surface area contributed by atoms with Gasteiger partial charge in [0.05, 0.1) is 11.4 Å². The fraction of sp³-hybridized carbons (Fsp3) is 0.786. The Balaban J connectivity index is 2.12. The summed E-state index contributed by atoms with van der Waals surface area (Å²) in [5.41, 5.74) is 2.14. The van der Waals surface area contributed by atoms with E-state index < -0.39 is 0 Å². The van der Waals surface area contributed by atoms with E-state index in [2.05, 4.69) is 40.8 Å². The van der Waals surface area contributed by atoms with Crippen molar-refractivity contribution in [1.29, 1.82) is 0 Å². The van der Waals surface area contributed by atoms with Crippen LogP contribution in [0.25, 0.3) is 0 Å². The number of rotatable bonds is 4. The highest BCUT2D eigenvalue weighted by molar-refractivity contribution is 5.30. The average Bonchev–Trinajstić information content (AvgIpc) is 2.71. The molecule has 1 aromatic rings. The maximum atomic E-state index is 4.71. The van der Waals surface area contributed by atoms with Crippen molar-refractivity contribution in [3.05, 3.63) is 11.4 Å². The zero-order valence-electron chi connectivity index (χ0n) is 12.4. The zero-order valence-corrected chi connectivity index (χ0v) is 12.4. The maximum absolute atomic E-state index is 4.71. The van der Waals surface area contributed by atoms with E-state index in [4.69, 9.17) is 4.98 Å². The topological polar surface area (TPSA) is 45.2 Å². The molecule has 0 unspecified atom stereocenters. The van der Waals surface area contributed by atoms with Gasteiger partial charge in [-0.1, -0.05) is 20.8 Å². The molecule has 0 atom stereocenters. The summed E-state index contributed by atoms with van der Waals surface area (Å²) in [4.78, 5) is 9.47. The molecule has 19 heavy (non-hydrogen) atoms. The van der Waals surface area contributed by atoms with E-state index in [0.29, 0.717) is 0 Å². The molecule has 0 aliphatic carbocycles. The van der Waals surface area contributed by atoms with Crippen molar-refractivity contribution in [2.24, 2.45) is 0 Å². The van der Waals surface area contributed by atoms with Gasteiger partial charge in [0.1, 0.15) is 0 Å². The fourth-order valence-electron chi connectivity index (χ4n) is 2.55. The molecule has 0 aromatic carbocycles. The normalized spacial score (nSPS) is 17.5. The van der Waals surface area contributed by atoms with Crippen LogP contribution in [0.3, 0.4) is 0 Å². The molecule has 1 saturated heterocycles. The molecule has 2 heterocycles. The maximum Gasteiger partial charge on any atom is 0.245 e. The second kappa shape index (κ2) is 6.80. The number of hydrogen-bond acceptors (Lipinski definition) is 5. The molecule has 1 fully saturated rings. The van der Waals surface area contributed by atoms with Gasteiger partial charge in [-0.05, 0) is 32.4 Å². The number of likely N-dealkylation sites (N-methyl/N-ethyl adjacent to an activating group) is 1. The monoisotopic (exact) mass is 263 g/mol. The van der Waals surface area contributed by atoms with Crippen molar-refractivity contribution >= 4 is 5.95 Å². The smallest absolute Gasteiger partial charge is 0.245 e. The van der Waals surface area contributed by atoms with E-state index >= 15 is 0 Å². The van der Waals surface area contributed by atoms with Crippen LogP contribution in [0.5, 0.6) is 0 Å². The van der Waals surface area contributed by atoms with Crippen molar-refractivity contribution in [1.82, 2.24) is 20.1 Å². The van der Waals surface area contributed by atoms with Crippen LogP contribution in [-0.2, 0) is 12.8 Å². The van der Waals surface area contributed by atoms with Gasteiger partial charge in [-0.3, -0.25) is 0 Å². The minimum absolute atomic E-state index is 0.812. The first kappa shape index (κ1) is 14.2. The van der Waals surface area contributed by atoms with Gasteiger partial charge in [0.2, 0.25) is 5.95 Å². The van der Waals surface area contributed by atoms with Crippen LogP contribution in [0.4, 0.5) is 5.95 Å². The summed E-state index contributed by atoms with van der Waals surface area (Å²) >= 11 is 0. The first-order valence-corrected chi connectivity index (χ1v) is 7.48. The highest BCUT2D eigenvalue weighted by atomic mass is 15.3. The number of anilines is 1. The number of aromatic nitrogens is 3. The molecule has 5 heteroatoms. The van der Waals surface area contributed by atoms with Gasteiger partial charge in [-0.25, -0.2) is 4.98 Å². The van der Waals surface area contributed by atoms with Crippen LogP contribution in [0.15, 0.2) is 0 Å². The molecular formula is C14H25N5. The van der Waals surface area contributed by atoms with Crippen molar-refractivity contribution in [3.8, 4) is 0 Å². The average molecular weight is 263 g/mol. The molecule has 0 spiro atoms. The van der Waals surface area contributed by atoms with Crippen LogP contribution >= 0.6 is 0 Å². The lowest BCUT2D eigenvalue weighted by molar-refractivity contribution is 0.310. The summed E-state index contributed by atoms with van der Waals surface area (Å²) in [5, 5.41) is 8.67. The Morgan fingerprint density at radius 3 is 2.37 bits per heavy atom. The Morgan fingerprint density at radius 1 is 0.895 bits per heavy atom. The van der Waals surface area contributed by atoms with Crippen LogP contribution in [0.2, 0.25) is 0 Å². The lowest BCUT2D eigenvalue weighted by atomic mass is 10.2. The molecule has 1 aliphatic heterocycles. The SMILES string of the molecule is CCc1nnc(N2CCCN(CC)CC2)nc1CC. The zero-order chi connectivity index (χ0) is 13.7. The predicted molar refractivity (Wildman–Crippen MR) is 77.5 cm³/mol. The van der Waals surface area contributed by atoms with Crippen molar-refractivity contribution in [2.45, 2.75) is 40.0 Å². The Bertz CT molecular complexity index is 407. The Morgan fingerprint density at radius 2 is 1.68 bits per heavy atom. The molecule has 1 aromatic heterocycles. The van der Waals surface area contributed by atoms with E-state index in [1.807, 2.05) is 0 Å². The van der Waals surface area contributed by atoms with Gasteiger partial charge < -0.3 is 9.80 Å². The van der Waals surface area contributed by atoms with Gasteiger partial charge in [-0.2, -0.15) is 5.10 Å². The van der Waals surface area contributed by atoms with Gasteiger partial charge >= 0.3 is 0 Å². The molecule has 2 rings (SSSR count). The molecule has 5 nitrogen and oxygen atoms in total. The van der Waals surface area contributed by atoms with Crippen LogP contribution in [0.1, 0.15) is 38.6 Å². The second-order valence-electron chi connectivity index (χ2n) is 4.99. The van der Waals surface area contributed by atoms with Crippen LogP contribution in [0, 0.1) is 0 Å². The molecule has 1 aliphatic rings. The van der Waals surface area contributed by atoms with Gasteiger partial charge in [-0.15, -0.1) is 5.10 Å². The van der Waals surface area contributed by atoms with Gasteiger partial charge in [0.25, 0.3) is 0 Å². The quantitative estimate of drug-likeness (QED) is 0.824. The van der Waals surface area contributed by atoms with E-state index in [1.54, 1.807) is 0 Å². The van der Waals surface area contributed by atoms with Gasteiger partial charge in [0.15, 0.2) is 0 Å². The van der Waals surface area contributed by atoms with Crippen LogP contribution < -0.4 is 4.90 Å². The molecule has 0 N–H and O–H groups in total. The third kappa shape index (κ3) is 3.41. The molecule has 0 amide bonds. The highest BCUT2D eigenvalue weighted by Gasteiger charge is 2.17. The second-order valence-corrected chi connectivity index (χ2v) is 4.99. The minimum Gasteiger partial charge on any atom is -0.338 e. The highest BCUT2D eigenvalue weighted by Crippen LogP contribution is 2.13. The summed E-state index contributed by atoms with van der Waals surface area (Å²) in [7, 11) is 0. The largest absolute Gasteiger partial charge is 0.338 e. The van der Waals surface area contributed by atoms with E-state index in [-0.39, 0.29) is 0 Å². The summed E-state index contributed by atoms with van der Waals surface area (Å²) in [6, 6.07) is 0. The number of aryl methyl sites for hydroxylation is 2. The summed E-state index contributed by atoms with van der Waals surface area (Å²) < 4.78 is 0. The van der Waals surface area contributed by atoms with Crippen molar-refractivity contribution < 1.29 is 0 Å². The predicted octanol–water partition coefficient (Wildman–Crippen LogP) is 1.53. The van der Waals surface area contributed by atoms with Crippen LogP contribution in [-0.4, -0.2) is 52.8 Å². The molecule has 0 bridgehead atoms. The molecule has 0 saturated carbocycles. The third-order valence-corrected chi connectivity index (χ3v) is 3.82. The fourth-order valence-corrected chi connectivity index (χ4v) is 2.55. The summed E-state index contributed by atoms with van der Waals surface area (Å²) in [5.74, 6) is 0.812. The van der Waals surface area contributed by atoms with Gasteiger partial charge in [0, 0.05) is 19.6 Å². The van der Waals surface area contributed by atoms with E-state index in [0.717, 1.165) is 56.4 Å². The van der Waals surface area contributed by atoms with E-state index in [1.165, 1.54) is 13.0 Å². The Kier molecular flexibility index (Phi) is 5.07. The molecule has 106 valence electrons. The molecular weight excluding hydrogens is 238 g/mol. The Labute approximate surface area is 116 Å². The summed E-state index contributed by atoms with van der Waals surface area (Å²) in [6.45, 7) is 11.9. The lowest BCUT2D eigenvalue weighted by Crippen LogP contribution is -2.32. The Hall–Kier alpha value is -1.23. The standard InChI is InChI=1S/C14H25N5/c1-4-12-13(5-2)16-17-14(15-12)19-9-7-8-18(6-3)10-11-19/h4-11H2,1-3H3. The number of hydrogen-bond donors (Lipinski definition) is 0. The first-order chi connectivity index (χ1) is 9.28. The van der Waals surface area contributed by atoms with Crippen molar-refractivity contribution in [2.75, 3.05) is 37.6 Å². The third-order valence-electron chi connectivity index (χ3n) is 3.82. The van der Waals surface area contributed by atoms with Crippen molar-refractivity contribution in [3.63, 3.8) is 0 Å². The first-order valence-electron chi connectivity index (χ1n) is 7.48.